The van der Waals surface area contributed by atoms with Gasteiger partial charge in [-0.15, -0.1) is 10.2 Å². The maximum absolute atomic E-state index is 6.46. The first-order valence-electron chi connectivity index (χ1n) is 25.0. The maximum atomic E-state index is 6.46. The van der Waals surface area contributed by atoms with Crippen LogP contribution in [-0.2, 0) is 0 Å². The lowest BCUT2D eigenvalue weighted by atomic mass is 10.0. The van der Waals surface area contributed by atoms with Gasteiger partial charge in [0.1, 0.15) is 0 Å². The van der Waals surface area contributed by atoms with Crippen LogP contribution >= 0.6 is 46.4 Å². The molecule has 74 heavy (non-hydrogen) atoms. The van der Waals surface area contributed by atoms with E-state index >= 15 is 0 Å². The Labute approximate surface area is 454 Å². The highest BCUT2D eigenvalue weighted by atomic mass is 35.5. The summed E-state index contributed by atoms with van der Waals surface area (Å²) in [6, 6.07) is 44.3. The van der Waals surface area contributed by atoms with E-state index in [9.17, 15) is 0 Å². The van der Waals surface area contributed by atoms with Gasteiger partial charge in [-0.3, -0.25) is 19.6 Å². The molecule has 0 saturated carbocycles. The molecule has 10 rings (SSSR count). The molecule has 0 amide bonds. The highest BCUT2D eigenvalue weighted by Crippen LogP contribution is 2.36. The fourth-order valence-electron chi connectivity index (χ4n) is 10.1. The Kier molecular flexibility index (Phi) is 17.8. The number of piperazine rings is 2. The second kappa shape index (κ2) is 25.0. The van der Waals surface area contributed by atoms with E-state index < -0.39 is 0 Å². The molecule has 0 radical (unpaired) electrons. The summed E-state index contributed by atoms with van der Waals surface area (Å²) < 4.78 is 3.75. The topological polar surface area (TPSA) is 100 Å². The smallest absolute Gasteiger partial charge is 0.178 e. The van der Waals surface area contributed by atoms with Crippen LogP contribution < -0.4 is 0 Å². The van der Waals surface area contributed by atoms with Crippen LogP contribution in [-0.4, -0.2) is 125 Å². The summed E-state index contributed by atoms with van der Waals surface area (Å²) >= 11 is 25.8. The number of aryl methyl sites for hydroxylation is 4. The number of hydrogen-bond donors (Lipinski definition) is 0. The number of rotatable bonds is 14. The van der Waals surface area contributed by atoms with Crippen LogP contribution in [0.15, 0.2) is 146 Å². The largest absolute Gasteiger partial charge is 0.297 e. The summed E-state index contributed by atoms with van der Waals surface area (Å²) in [4.78, 5) is 9.78. The van der Waals surface area contributed by atoms with Gasteiger partial charge in [-0.2, -0.15) is 9.36 Å². The molecular formula is C58H60Cl4N12. The van der Waals surface area contributed by atoms with Gasteiger partial charge in [-0.05, 0) is 129 Å². The number of benzene rings is 6. The zero-order chi connectivity index (χ0) is 51.6. The van der Waals surface area contributed by atoms with Gasteiger partial charge >= 0.3 is 0 Å². The predicted molar refractivity (Wildman–Crippen MR) is 301 cm³/mol. The Bertz CT molecular complexity index is 2880. The summed E-state index contributed by atoms with van der Waals surface area (Å²) in [6.45, 7) is 17.4. The predicted octanol–water partition coefficient (Wildman–Crippen LogP) is 12.0. The van der Waals surface area contributed by atoms with E-state index in [0.29, 0.717) is 20.1 Å². The number of para-hydroxylation sites is 2. The minimum absolute atomic E-state index is 0.188. The molecule has 12 nitrogen and oxygen atoms in total. The Hall–Kier alpha value is -6.06. The van der Waals surface area contributed by atoms with Crippen molar-refractivity contribution in [1.82, 2.24) is 60.0 Å². The number of nitrogens with zero attached hydrogens (tertiary/aromatic N) is 12. The molecule has 6 aromatic carbocycles. The van der Waals surface area contributed by atoms with E-state index in [1.54, 1.807) is 12.1 Å². The summed E-state index contributed by atoms with van der Waals surface area (Å²) in [5.41, 5.74) is 10.9. The highest BCUT2D eigenvalue weighted by molar-refractivity contribution is 6.35. The fourth-order valence-corrected chi connectivity index (χ4v) is 11.1. The standard InChI is InChI=1S/2C29H30Cl2N6/c2*1-21-8-6-9-22(2)27(21)37-29(32-33-34-37)28(24-18-25(30)20-26(31)19-24)36-16-14-35(15-17-36)13-7-12-23-10-4-3-5-11-23/h2*3-12,18-20,28H,13-17H2,1-2H3/b2*12-7+/t2*28-/m10/s1. The highest BCUT2D eigenvalue weighted by Gasteiger charge is 2.34. The Morgan fingerprint density at radius 2 is 0.770 bits per heavy atom. The van der Waals surface area contributed by atoms with Crippen molar-refractivity contribution in [3.05, 3.63) is 222 Å². The first-order chi connectivity index (χ1) is 36.0. The van der Waals surface area contributed by atoms with Crippen LogP contribution in [0, 0.1) is 27.7 Å². The van der Waals surface area contributed by atoms with E-state index in [0.717, 1.165) is 122 Å². The van der Waals surface area contributed by atoms with Crippen LogP contribution in [0.2, 0.25) is 20.1 Å². The molecule has 2 saturated heterocycles. The van der Waals surface area contributed by atoms with Crippen molar-refractivity contribution in [1.29, 1.82) is 0 Å². The van der Waals surface area contributed by atoms with E-state index in [1.807, 2.05) is 45.8 Å². The molecule has 2 aromatic heterocycles. The first-order valence-corrected chi connectivity index (χ1v) is 26.5. The van der Waals surface area contributed by atoms with Gasteiger partial charge in [0.25, 0.3) is 0 Å². The molecule has 2 aliphatic rings. The van der Waals surface area contributed by atoms with E-state index in [-0.39, 0.29) is 12.1 Å². The number of tetrazole rings is 2. The molecule has 0 spiro atoms. The van der Waals surface area contributed by atoms with Gasteiger partial charge in [0.2, 0.25) is 0 Å². The zero-order valence-corrected chi connectivity index (χ0v) is 45.1. The second-order valence-corrected chi connectivity index (χ2v) is 20.6. The molecule has 0 aliphatic carbocycles. The van der Waals surface area contributed by atoms with Gasteiger partial charge < -0.3 is 0 Å². The third kappa shape index (κ3) is 13.1. The molecule has 4 heterocycles. The molecular weight excluding hydrogens is 1010 g/mol. The van der Waals surface area contributed by atoms with Gasteiger partial charge in [0.05, 0.1) is 23.5 Å². The van der Waals surface area contributed by atoms with Crippen molar-refractivity contribution in [2.75, 3.05) is 65.4 Å². The monoisotopic (exact) mass is 1060 g/mol. The summed E-state index contributed by atoms with van der Waals surface area (Å²) in [5.74, 6) is 1.52. The van der Waals surface area contributed by atoms with E-state index in [2.05, 4.69) is 188 Å². The summed E-state index contributed by atoms with van der Waals surface area (Å²) in [7, 11) is 0. The minimum atomic E-state index is -0.188. The van der Waals surface area contributed by atoms with Crippen LogP contribution in [0.1, 0.15) is 68.2 Å². The third-order valence-corrected chi connectivity index (χ3v) is 14.5. The molecule has 0 bridgehead atoms. The molecule has 380 valence electrons. The minimum Gasteiger partial charge on any atom is -0.297 e. The van der Waals surface area contributed by atoms with Crippen molar-refractivity contribution in [2.45, 2.75) is 39.8 Å². The summed E-state index contributed by atoms with van der Waals surface area (Å²) in [6.07, 6.45) is 8.84. The quantitative estimate of drug-likeness (QED) is 0.105. The zero-order valence-electron chi connectivity index (χ0n) is 42.1. The molecule has 0 N–H and O–H groups in total. The first kappa shape index (κ1) is 52.8. The lowest BCUT2D eigenvalue weighted by molar-refractivity contribution is 0.113. The van der Waals surface area contributed by atoms with Crippen LogP contribution in [0.3, 0.4) is 0 Å². The molecule has 16 heteroatoms. The van der Waals surface area contributed by atoms with Crippen LogP contribution in [0.5, 0.6) is 0 Å². The average molecular weight is 1070 g/mol. The maximum Gasteiger partial charge on any atom is 0.178 e. The van der Waals surface area contributed by atoms with Crippen molar-refractivity contribution in [2.24, 2.45) is 0 Å². The lowest BCUT2D eigenvalue weighted by Gasteiger charge is -2.38. The summed E-state index contributed by atoms with van der Waals surface area (Å²) in [5, 5.41) is 28.5. The molecule has 2 aliphatic heterocycles. The lowest BCUT2D eigenvalue weighted by Crippen LogP contribution is -2.48. The normalized spacial score (nSPS) is 15.9. The molecule has 0 unspecified atom stereocenters. The molecule has 8 aromatic rings. The number of hydrogen-bond acceptors (Lipinski definition) is 10. The van der Waals surface area contributed by atoms with Gasteiger partial charge in [-0.1, -0.05) is 168 Å². The number of aromatic nitrogens is 8. The Balaban J connectivity index is 0.000000182. The van der Waals surface area contributed by atoms with Crippen molar-refractivity contribution in [3.63, 3.8) is 0 Å². The average Bonchev–Trinajstić information content (AvgIpc) is 4.06. The van der Waals surface area contributed by atoms with Crippen molar-refractivity contribution < 1.29 is 0 Å². The van der Waals surface area contributed by atoms with Crippen molar-refractivity contribution in [3.8, 4) is 11.4 Å². The fraction of sp³-hybridized carbons (Fsp3) is 0.276. The van der Waals surface area contributed by atoms with Gasteiger partial charge in [0.15, 0.2) is 11.6 Å². The van der Waals surface area contributed by atoms with E-state index in [4.69, 9.17) is 46.4 Å². The van der Waals surface area contributed by atoms with Crippen LogP contribution in [0.4, 0.5) is 0 Å². The third-order valence-electron chi connectivity index (χ3n) is 13.7. The molecule has 2 fully saturated rings. The number of halogens is 4. The Morgan fingerprint density at radius 1 is 0.432 bits per heavy atom. The van der Waals surface area contributed by atoms with E-state index in [1.165, 1.54) is 11.1 Å². The van der Waals surface area contributed by atoms with Gasteiger partial charge in [0, 0.05) is 85.5 Å². The molecule has 2 atom stereocenters. The van der Waals surface area contributed by atoms with Crippen molar-refractivity contribution >= 4 is 58.6 Å². The van der Waals surface area contributed by atoms with Crippen LogP contribution in [0.25, 0.3) is 23.5 Å². The Morgan fingerprint density at radius 3 is 1.11 bits per heavy atom. The van der Waals surface area contributed by atoms with Gasteiger partial charge in [-0.25, -0.2) is 0 Å². The SMILES string of the molecule is Cc1cccc(C)c1-n1nnnc1[C@@H](c1cc(Cl)cc(Cl)c1)N1CCN(C/C=C/c2ccccc2)CC1.Cc1cccc(C)c1-n1nnnc1[C@H](c1cc(Cl)cc(Cl)c1)N1CCN(C/C=C/c2ccccc2)CC1. The second-order valence-electron chi connectivity index (χ2n) is 18.9.